The third-order valence-electron chi connectivity index (χ3n) is 12.4. The van der Waals surface area contributed by atoms with Gasteiger partial charge in [0, 0.05) is 144 Å². The van der Waals surface area contributed by atoms with E-state index in [1.807, 2.05) is 76.3 Å². The van der Waals surface area contributed by atoms with Crippen molar-refractivity contribution in [3.63, 3.8) is 0 Å². The minimum absolute atomic E-state index is 0.102. The monoisotopic (exact) mass is 1130 g/mol. The van der Waals surface area contributed by atoms with Gasteiger partial charge < -0.3 is 18.1 Å². The van der Waals surface area contributed by atoms with E-state index < -0.39 is 0 Å². The highest BCUT2D eigenvalue weighted by molar-refractivity contribution is 7.09. The summed E-state index contributed by atoms with van der Waals surface area (Å²) in [5, 5.41) is 8.09. The fraction of sp³-hybridized carbons (Fsp3) is 0.606. The van der Waals surface area contributed by atoms with E-state index in [-0.39, 0.29) is 43.3 Å². The molecule has 0 atom stereocenters. The van der Waals surface area contributed by atoms with Crippen molar-refractivity contribution in [1.82, 2.24) is 58.2 Å². The van der Waals surface area contributed by atoms with Crippen molar-refractivity contribution in [1.29, 1.82) is 0 Å². The Labute approximate surface area is 496 Å². The van der Waals surface area contributed by atoms with Crippen LogP contribution in [0.2, 0.25) is 0 Å². The third kappa shape index (κ3) is 25.4. The number of nitrogens with zero attached hydrogens (tertiary/aromatic N) is 13. The molecular weight excluding hydrogens is 1020 g/mol. The van der Waals surface area contributed by atoms with Crippen molar-refractivity contribution in [3.05, 3.63) is 155 Å². The Kier molecular flexibility index (Phi) is 26.9. The van der Waals surface area contributed by atoms with Gasteiger partial charge in [-0.15, -0.1) is 11.3 Å². The van der Waals surface area contributed by atoms with Crippen LogP contribution in [0.25, 0.3) is 0 Å². The Hall–Kier alpha value is -5.96. The molecule has 452 valence electrons. The highest BCUT2D eigenvalue weighted by Gasteiger charge is 2.24. The summed E-state index contributed by atoms with van der Waals surface area (Å²) in [7, 11) is 12.1. The smallest absolute Gasteiger partial charge is 0.186 e. The van der Waals surface area contributed by atoms with E-state index in [1.54, 1.807) is 22.3 Å². The Morgan fingerprint density at radius 1 is 0.432 bits per heavy atom. The maximum Gasteiger partial charge on any atom is 0.186 e. The largest absolute Gasteiger partial charge is 0.448 e. The fourth-order valence-electron chi connectivity index (χ4n) is 8.86. The van der Waals surface area contributed by atoms with Crippen LogP contribution >= 0.6 is 11.3 Å². The topological polar surface area (TPSA) is 132 Å². The summed E-state index contributed by atoms with van der Waals surface area (Å²) in [6, 6.07) is 12.6. The number of imidazole rings is 2. The van der Waals surface area contributed by atoms with Gasteiger partial charge >= 0.3 is 0 Å². The standard InChI is InChI=1S/C10H16N.C9H15N.3C8H14N2.C8H13NO.C8H13NS.C7H13N3/c1-10(2,3)9-7-5-6-8-11(9)4;1-9(2,3)8-6-5-7-10(8)4;2*1-8(2,3)7-9-5-6-10(7)4;1-8(2,3)7-5-6-9-10(7)4;2*1-6-7(8(2,3)4)9-5-10-6;1-7(2,3)6-8-5-9-10(6)4/h5-8H,1-4H3;5-7H,1-4H3;3*5-6H,1-4H3;3*5H,1-4H3/q+1;;;;;;;. The van der Waals surface area contributed by atoms with Gasteiger partial charge in [-0.2, -0.15) is 10.2 Å². The van der Waals surface area contributed by atoms with Crippen LogP contribution in [0, 0.1) is 13.8 Å². The van der Waals surface area contributed by atoms with Crippen LogP contribution < -0.4 is 4.57 Å². The zero-order chi connectivity index (χ0) is 62.9. The van der Waals surface area contributed by atoms with Crippen LogP contribution in [0.1, 0.15) is 223 Å². The fourth-order valence-corrected chi connectivity index (χ4v) is 9.64. The molecule has 0 aliphatic heterocycles. The third-order valence-corrected chi connectivity index (χ3v) is 13.2. The maximum atomic E-state index is 5.08. The molecule has 0 saturated heterocycles. The number of pyridine rings is 1. The van der Waals surface area contributed by atoms with Crippen molar-refractivity contribution in [2.24, 2.45) is 42.3 Å². The first-order valence-corrected chi connectivity index (χ1v) is 29.2. The summed E-state index contributed by atoms with van der Waals surface area (Å²) in [6.45, 7) is 56.2. The molecule has 8 heterocycles. The highest BCUT2D eigenvalue weighted by atomic mass is 32.1. The van der Waals surface area contributed by atoms with Gasteiger partial charge in [0.2, 0.25) is 0 Å². The Bertz CT molecular complexity index is 2510. The number of oxazole rings is 1. The van der Waals surface area contributed by atoms with Gasteiger partial charge in [0.05, 0.1) is 16.9 Å². The molecule has 0 radical (unpaired) electrons. The zero-order valence-electron chi connectivity index (χ0n) is 56.9. The first kappa shape index (κ1) is 73.1. The van der Waals surface area contributed by atoms with Gasteiger partial charge in [-0.3, -0.25) is 9.36 Å². The molecule has 8 rings (SSSR count). The molecule has 0 aliphatic carbocycles. The van der Waals surface area contributed by atoms with E-state index in [0.29, 0.717) is 0 Å². The molecule has 0 aliphatic rings. The maximum absolute atomic E-state index is 5.08. The van der Waals surface area contributed by atoms with Crippen LogP contribution in [0.4, 0.5) is 0 Å². The number of aryl methyl sites for hydroxylation is 8. The van der Waals surface area contributed by atoms with Gasteiger partial charge in [0.15, 0.2) is 18.3 Å². The molecule has 0 N–H and O–H groups in total. The SMILES string of the molecule is C[n+]1ccccc1C(C)(C)C.Cc1ocnc1C(C)(C)C.Cc1scnc1C(C)(C)C.Cn1cccc1C(C)(C)C.Cn1ccnc1C(C)(C)C.Cn1ccnc1C(C)(C)C.Cn1nccc1C(C)(C)C.Cn1ncnc1C(C)(C)C. The predicted molar refractivity (Wildman–Crippen MR) is 341 cm³/mol. The van der Waals surface area contributed by atoms with Crippen molar-refractivity contribution < 1.29 is 8.98 Å². The van der Waals surface area contributed by atoms with E-state index in [0.717, 1.165) is 28.9 Å². The number of hydrogen-bond acceptors (Lipinski definition) is 9. The summed E-state index contributed by atoms with van der Waals surface area (Å²) >= 11 is 1.72. The molecule has 8 aromatic rings. The minimum atomic E-state index is 0.102. The molecule has 0 spiro atoms. The van der Waals surface area contributed by atoms with Crippen molar-refractivity contribution in [3.8, 4) is 0 Å². The first-order chi connectivity index (χ1) is 36.6. The number of hydrogen-bond donors (Lipinski definition) is 0. The number of rotatable bonds is 0. The summed E-state index contributed by atoms with van der Waals surface area (Å²) in [6.07, 6.45) is 16.7. The highest BCUT2D eigenvalue weighted by Crippen LogP contribution is 2.27. The average molecular weight is 1140 g/mol. The average Bonchev–Trinajstić information content (AvgIpc) is 4.15. The Morgan fingerprint density at radius 2 is 0.926 bits per heavy atom. The molecule has 8 aromatic heterocycles. The predicted octanol–water partition coefficient (Wildman–Crippen LogP) is 15.4. The number of aromatic nitrogens is 13. The van der Waals surface area contributed by atoms with E-state index in [4.69, 9.17) is 4.42 Å². The van der Waals surface area contributed by atoms with Gasteiger partial charge in [0.25, 0.3) is 0 Å². The van der Waals surface area contributed by atoms with Crippen molar-refractivity contribution in [2.75, 3.05) is 0 Å². The van der Waals surface area contributed by atoms with E-state index in [9.17, 15) is 0 Å². The summed E-state index contributed by atoms with van der Waals surface area (Å²) in [5.41, 5.74) is 9.70. The molecule has 0 aromatic carbocycles. The van der Waals surface area contributed by atoms with E-state index in [2.05, 4.69) is 289 Å². The summed E-state index contributed by atoms with van der Waals surface area (Å²) in [5.74, 6) is 4.21. The molecule has 15 heteroatoms. The van der Waals surface area contributed by atoms with Crippen molar-refractivity contribution >= 4 is 11.3 Å². The lowest BCUT2D eigenvalue weighted by Gasteiger charge is -2.19. The van der Waals surface area contributed by atoms with Crippen LogP contribution in [0.5, 0.6) is 0 Å². The second-order valence-electron chi connectivity index (χ2n) is 29.0. The molecule has 0 bridgehead atoms. The normalized spacial score (nSPS) is 12.0. The lowest BCUT2D eigenvalue weighted by molar-refractivity contribution is -0.682. The zero-order valence-corrected chi connectivity index (χ0v) is 57.7. The molecule has 0 amide bonds. The summed E-state index contributed by atoms with van der Waals surface area (Å²) < 4.78 is 17.2. The van der Waals surface area contributed by atoms with Crippen molar-refractivity contribution in [2.45, 2.75) is 223 Å². The molecule has 0 fully saturated rings. The minimum Gasteiger partial charge on any atom is -0.448 e. The molecule has 14 nitrogen and oxygen atoms in total. The van der Waals surface area contributed by atoms with Crippen LogP contribution in [-0.2, 0) is 85.6 Å². The van der Waals surface area contributed by atoms with Gasteiger partial charge in [-0.05, 0) is 32.0 Å². The van der Waals surface area contributed by atoms with Crippen LogP contribution in [-0.4, -0.2) is 58.2 Å². The molecule has 81 heavy (non-hydrogen) atoms. The quantitative estimate of drug-likeness (QED) is 0.137. The van der Waals surface area contributed by atoms with Crippen LogP contribution in [0.3, 0.4) is 0 Å². The number of thiazole rings is 1. The molecule has 0 unspecified atom stereocenters. The second kappa shape index (κ2) is 29.8. The summed E-state index contributed by atoms with van der Waals surface area (Å²) in [4.78, 5) is 22.4. The van der Waals surface area contributed by atoms with Gasteiger partial charge in [-0.1, -0.05) is 172 Å². The second-order valence-corrected chi connectivity index (χ2v) is 30.0. The van der Waals surface area contributed by atoms with Crippen LogP contribution in [0.15, 0.2) is 102 Å². The molecule has 0 saturated carbocycles. The Morgan fingerprint density at radius 3 is 1.12 bits per heavy atom. The molecular formula is C66H112N13OS+. The lowest BCUT2D eigenvalue weighted by atomic mass is 9.91. The van der Waals surface area contributed by atoms with E-state index >= 15 is 0 Å². The Balaban J connectivity index is 0.000000463. The first-order valence-electron chi connectivity index (χ1n) is 28.3. The lowest BCUT2D eigenvalue weighted by Crippen LogP contribution is -2.38. The van der Waals surface area contributed by atoms with Gasteiger partial charge in [0.1, 0.15) is 36.6 Å². The van der Waals surface area contributed by atoms with Gasteiger partial charge in [-0.25, -0.2) is 29.5 Å². The van der Waals surface area contributed by atoms with E-state index in [1.165, 1.54) is 34.0 Å².